The number of benzene rings is 1. The number of sulfonamides is 1. The van der Waals surface area contributed by atoms with E-state index in [9.17, 15) is 22.0 Å². The van der Waals surface area contributed by atoms with Crippen LogP contribution in [0, 0.1) is 0 Å². The second kappa shape index (κ2) is 13.3. The highest BCUT2D eigenvalue weighted by molar-refractivity contribution is 7.92. The van der Waals surface area contributed by atoms with E-state index in [1.165, 1.54) is 41.5 Å². The number of pyridine rings is 1. The van der Waals surface area contributed by atoms with Crippen LogP contribution in [-0.2, 0) is 14.8 Å². The maximum atomic E-state index is 13.5. The van der Waals surface area contributed by atoms with Crippen molar-refractivity contribution in [2.45, 2.75) is 20.0 Å². The third kappa shape index (κ3) is 7.54. The van der Waals surface area contributed by atoms with E-state index >= 15 is 0 Å². The van der Waals surface area contributed by atoms with Crippen molar-refractivity contribution in [2.75, 3.05) is 60.5 Å². The Morgan fingerprint density at radius 1 is 1.16 bits per heavy atom. The molecule has 5 rings (SSSR count). The van der Waals surface area contributed by atoms with Gasteiger partial charge < -0.3 is 25.1 Å². The van der Waals surface area contributed by atoms with Crippen LogP contribution < -0.4 is 25.7 Å². The Morgan fingerprint density at radius 3 is 2.72 bits per heavy atom. The molecule has 0 saturated carbocycles. The normalized spacial score (nSPS) is 14.2. The minimum Gasteiger partial charge on any atom is -0.432 e. The van der Waals surface area contributed by atoms with Crippen molar-refractivity contribution in [1.29, 1.82) is 0 Å². The predicted molar refractivity (Wildman–Crippen MR) is 157 cm³/mol. The van der Waals surface area contributed by atoms with Crippen molar-refractivity contribution in [3.8, 4) is 11.4 Å². The summed E-state index contributed by atoms with van der Waals surface area (Å²) in [7, 11) is -3.68. The van der Waals surface area contributed by atoms with Gasteiger partial charge in [0.05, 0.1) is 35.6 Å². The van der Waals surface area contributed by atoms with E-state index in [0.717, 1.165) is 19.6 Å². The Balaban J connectivity index is 1.54. The quantitative estimate of drug-likeness (QED) is 0.174. The Labute approximate surface area is 245 Å². The molecule has 4 heterocycles. The second-order valence-electron chi connectivity index (χ2n) is 9.60. The van der Waals surface area contributed by atoms with E-state index in [1.807, 2.05) is 0 Å². The number of aromatic amines is 1. The molecule has 4 N–H and O–H groups in total. The van der Waals surface area contributed by atoms with Crippen LogP contribution in [0.25, 0.3) is 16.6 Å². The van der Waals surface area contributed by atoms with Crippen LogP contribution in [0.1, 0.15) is 13.3 Å². The highest BCUT2D eigenvalue weighted by Crippen LogP contribution is 2.34. The van der Waals surface area contributed by atoms with Gasteiger partial charge in [0.1, 0.15) is 11.5 Å². The number of morpholine rings is 1. The molecule has 0 bridgehead atoms. The van der Waals surface area contributed by atoms with Gasteiger partial charge in [0.2, 0.25) is 10.0 Å². The molecule has 1 aliphatic rings. The van der Waals surface area contributed by atoms with Crippen molar-refractivity contribution < 1.29 is 26.7 Å². The third-order valence-corrected chi connectivity index (χ3v) is 7.99. The molecular formula is C26H31F2N9O5S. The standard InChI is InChI=1S/C26H31F2N9O5S/c1-2-13-43(39,40)35-17-3-4-19(21(14-17)42-26(27)28)37-20-15-22(33-24-25(38)31-6-5-29-24)32-16-18(20)23(34-37)30-7-8-36-9-11-41-12-10-36/h3-6,14-16,26,35H,2,7-13H2,1H3,(H,30,34)(H,31,38)(H,29,32,33). The Bertz CT molecular complexity index is 1730. The first-order chi connectivity index (χ1) is 20.7. The molecule has 230 valence electrons. The fourth-order valence-electron chi connectivity index (χ4n) is 4.55. The van der Waals surface area contributed by atoms with Gasteiger partial charge in [0.25, 0.3) is 5.56 Å². The van der Waals surface area contributed by atoms with Crippen molar-refractivity contribution >= 4 is 44.1 Å². The van der Waals surface area contributed by atoms with Gasteiger partial charge in [-0.1, -0.05) is 6.92 Å². The van der Waals surface area contributed by atoms with Crippen LogP contribution in [0.3, 0.4) is 0 Å². The predicted octanol–water partition coefficient (Wildman–Crippen LogP) is 2.74. The zero-order valence-electron chi connectivity index (χ0n) is 23.2. The lowest BCUT2D eigenvalue weighted by Gasteiger charge is -2.26. The van der Waals surface area contributed by atoms with E-state index in [1.54, 1.807) is 13.0 Å². The minimum absolute atomic E-state index is 0.00899. The lowest BCUT2D eigenvalue weighted by atomic mass is 10.2. The average molecular weight is 620 g/mol. The number of aromatic nitrogens is 5. The summed E-state index contributed by atoms with van der Waals surface area (Å²) in [5, 5.41) is 11.4. The first-order valence-electron chi connectivity index (χ1n) is 13.6. The van der Waals surface area contributed by atoms with Crippen LogP contribution in [0.15, 0.2) is 47.7 Å². The van der Waals surface area contributed by atoms with Gasteiger partial charge in [-0.25, -0.2) is 23.1 Å². The Morgan fingerprint density at radius 2 is 1.98 bits per heavy atom. The summed E-state index contributed by atoms with van der Waals surface area (Å²) in [6, 6.07) is 5.64. The summed E-state index contributed by atoms with van der Waals surface area (Å²) in [5.41, 5.74) is 0.165. The molecule has 0 amide bonds. The van der Waals surface area contributed by atoms with Gasteiger partial charge in [0.15, 0.2) is 17.4 Å². The van der Waals surface area contributed by atoms with Crippen molar-refractivity contribution in [1.82, 2.24) is 29.6 Å². The number of rotatable bonds is 13. The van der Waals surface area contributed by atoms with Gasteiger partial charge in [0, 0.05) is 56.9 Å². The molecule has 17 heteroatoms. The summed E-state index contributed by atoms with van der Waals surface area (Å²) >= 11 is 0. The molecule has 3 aromatic heterocycles. The number of hydrogen-bond donors (Lipinski definition) is 4. The largest absolute Gasteiger partial charge is 0.432 e. The van der Waals surface area contributed by atoms with Crippen molar-refractivity contribution in [2.24, 2.45) is 0 Å². The highest BCUT2D eigenvalue weighted by Gasteiger charge is 2.21. The van der Waals surface area contributed by atoms with Crippen LogP contribution >= 0.6 is 0 Å². The van der Waals surface area contributed by atoms with Crippen molar-refractivity contribution in [3.63, 3.8) is 0 Å². The molecule has 1 fully saturated rings. The molecule has 43 heavy (non-hydrogen) atoms. The summed E-state index contributed by atoms with van der Waals surface area (Å²) in [4.78, 5) is 25.3. The van der Waals surface area contributed by atoms with Gasteiger partial charge in [-0.3, -0.25) is 14.4 Å². The van der Waals surface area contributed by atoms with E-state index in [2.05, 4.69) is 40.3 Å². The minimum atomic E-state index is -3.68. The third-order valence-electron chi connectivity index (χ3n) is 6.49. The summed E-state index contributed by atoms with van der Waals surface area (Å²) in [5.74, 6) is 0.259. The molecule has 0 unspecified atom stereocenters. The summed E-state index contributed by atoms with van der Waals surface area (Å²) < 4.78 is 65.7. The van der Waals surface area contributed by atoms with E-state index < -0.39 is 22.2 Å². The van der Waals surface area contributed by atoms with Gasteiger partial charge >= 0.3 is 6.61 Å². The lowest BCUT2D eigenvalue weighted by molar-refractivity contribution is -0.0498. The van der Waals surface area contributed by atoms with Gasteiger partial charge in [-0.05, 0) is 18.6 Å². The molecule has 0 spiro atoms. The number of hydrogen-bond acceptors (Lipinski definition) is 11. The number of anilines is 4. The maximum absolute atomic E-state index is 13.5. The molecule has 0 atom stereocenters. The molecule has 0 aliphatic carbocycles. The monoisotopic (exact) mass is 619 g/mol. The van der Waals surface area contributed by atoms with Crippen LogP contribution in [0.4, 0.5) is 31.9 Å². The smallest absolute Gasteiger partial charge is 0.387 e. The Hall–Kier alpha value is -4.35. The van der Waals surface area contributed by atoms with E-state index in [0.29, 0.717) is 42.9 Å². The fraction of sp³-hybridized carbons (Fsp3) is 0.385. The average Bonchev–Trinajstić information content (AvgIpc) is 3.32. The zero-order valence-corrected chi connectivity index (χ0v) is 24.0. The summed E-state index contributed by atoms with van der Waals surface area (Å²) in [6.07, 6.45) is 4.72. The zero-order chi connectivity index (χ0) is 30.4. The van der Waals surface area contributed by atoms with E-state index in [-0.39, 0.29) is 34.5 Å². The SMILES string of the molecule is CCCS(=O)(=O)Nc1ccc(-n2nc(NCCN3CCOCC3)c3cnc(Nc4ncc[nH]c4=O)cc32)c(OC(F)F)c1. The first-order valence-corrected chi connectivity index (χ1v) is 15.2. The van der Waals surface area contributed by atoms with Crippen molar-refractivity contribution in [3.05, 3.63) is 53.2 Å². The van der Waals surface area contributed by atoms with Crippen LogP contribution in [-0.4, -0.2) is 89.8 Å². The fourth-order valence-corrected chi connectivity index (χ4v) is 5.68. The molecule has 14 nitrogen and oxygen atoms in total. The highest BCUT2D eigenvalue weighted by atomic mass is 32.2. The van der Waals surface area contributed by atoms with E-state index in [4.69, 9.17) is 9.47 Å². The van der Waals surface area contributed by atoms with Crippen LogP contribution in [0.2, 0.25) is 0 Å². The molecule has 4 aromatic rings. The number of alkyl halides is 2. The molecular weight excluding hydrogens is 588 g/mol. The molecule has 1 aromatic carbocycles. The number of halogens is 2. The van der Waals surface area contributed by atoms with Crippen LogP contribution in [0.5, 0.6) is 5.75 Å². The number of nitrogens with one attached hydrogen (secondary N) is 4. The summed E-state index contributed by atoms with van der Waals surface area (Å²) in [6.45, 7) is 2.72. The number of nitrogens with zero attached hydrogens (tertiary/aromatic N) is 5. The van der Waals surface area contributed by atoms with Gasteiger partial charge in [-0.2, -0.15) is 8.78 Å². The second-order valence-corrected chi connectivity index (χ2v) is 11.4. The first kappa shape index (κ1) is 30.1. The molecule has 0 radical (unpaired) electrons. The maximum Gasteiger partial charge on any atom is 0.387 e. The lowest BCUT2D eigenvalue weighted by Crippen LogP contribution is -2.39. The molecule has 1 saturated heterocycles. The number of ether oxygens (including phenoxy) is 2. The van der Waals surface area contributed by atoms with Gasteiger partial charge in [-0.15, -0.1) is 5.10 Å². The Kier molecular flexibility index (Phi) is 9.32. The number of fused-ring (bicyclic) bond motifs is 1. The molecule has 1 aliphatic heterocycles. The number of H-pyrrole nitrogens is 1. The topological polar surface area (TPSA) is 168 Å².